The highest BCUT2D eigenvalue weighted by Gasteiger charge is 2.03. The third-order valence-electron chi connectivity index (χ3n) is 2.42. The standard InChI is InChI=1S/C12H14N2/c1-9-5-4-6-11(7-9)12-8-14(3)10(2)13-12/h4-8H,1-3H3. The topological polar surface area (TPSA) is 17.8 Å². The van der Waals surface area contributed by atoms with Gasteiger partial charge >= 0.3 is 0 Å². The fourth-order valence-electron chi connectivity index (χ4n) is 1.50. The Bertz CT molecular complexity index is 436. The molecule has 2 nitrogen and oxygen atoms in total. The van der Waals surface area contributed by atoms with Crippen LogP contribution in [0, 0.1) is 13.8 Å². The molecule has 0 bridgehead atoms. The minimum atomic E-state index is 1.04. The third-order valence-corrected chi connectivity index (χ3v) is 2.42. The number of imidazole rings is 1. The predicted octanol–water partition coefficient (Wildman–Crippen LogP) is 2.70. The zero-order valence-corrected chi connectivity index (χ0v) is 8.78. The second kappa shape index (κ2) is 3.29. The Morgan fingerprint density at radius 3 is 2.57 bits per heavy atom. The van der Waals surface area contributed by atoms with E-state index in [9.17, 15) is 0 Å². The van der Waals surface area contributed by atoms with Crippen LogP contribution in [0.4, 0.5) is 0 Å². The monoisotopic (exact) mass is 186 g/mol. The highest BCUT2D eigenvalue weighted by molar-refractivity contribution is 5.59. The number of nitrogens with zero attached hydrogens (tertiary/aromatic N) is 2. The Labute approximate surface area is 84.2 Å². The normalized spacial score (nSPS) is 10.5. The number of rotatable bonds is 1. The summed E-state index contributed by atoms with van der Waals surface area (Å²) >= 11 is 0. The van der Waals surface area contributed by atoms with Gasteiger partial charge in [-0.3, -0.25) is 0 Å². The van der Waals surface area contributed by atoms with Crippen molar-refractivity contribution in [3.8, 4) is 11.3 Å². The Kier molecular flexibility index (Phi) is 2.12. The lowest BCUT2D eigenvalue weighted by Gasteiger charge is -1.97. The van der Waals surface area contributed by atoms with Crippen molar-refractivity contribution in [1.29, 1.82) is 0 Å². The van der Waals surface area contributed by atoms with Crippen LogP contribution in [-0.4, -0.2) is 9.55 Å². The Balaban J connectivity index is 2.49. The molecule has 0 aliphatic carbocycles. The number of hydrogen-bond donors (Lipinski definition) is 0. The first-order valence-corrected chi connectivity index (χ1v) is 4.74. The maximum Gasteiger partial charge on any atom is 0.105 e. The molecule has 2 aromatic rings. The smallest absolute Gasteiger partial charge is 0.105 e. The van der Waals surface area contributed by atoms with E-state index in [1.54, 1.807) is 0 Å². The molecule has 0 radical (unpaired) electrons. The van der Waals surface area contributed by atoms with Gasteiger partial charge < -0.3 is 4.57 Å². The van der Waals surface area contributed by atoms with Gasteiger partial charge in [-0.1, -0.05) is 23.8 Å². The molecular weight excluding hydrogens is 172 g/mol. The molecule has 72 valence electrons. The molecule has 0 unspecified atom stereocenters. The van der Waals surface area contributed by atoms with Crippen molar-refractivity contribution < 1.29 is 0 Å². The van der Waals surface area contributed by atoms with Crippen LogP contribution in [0.1, 0.15) is 11.4 Å². The van der Waals surface area contributed by atoms with Crippen LogP contribution < -0.4 is 0 Å². The van der Waals surface area contributed by atoms with Gasteiger partial charge in [0.05, 0.1) is 5.69 Å². The molecular formula is C12H14N2. The van der Waals surface area contributed by atoms with Crippen molar-refractivity contribution in [2.75, 3.05) is 0 Å². The molecule has 14 heavy (non-hydrogen) atoms. The molecule has 2 rings (SSSR count). The summed E-state index contributed by atoms with van der Waals surface area (Å²) in [7, 11) is 2.02. The lowest BCUT2D eigenvalue weighted by Crippen LogP contribution is -1.86. The van der Waals surface area contributed by atoms with Gasteiger partial charge in [-0.05, 0) is 19.9 Å². The van der Waals surface area contributed by atoms with Gasteiger partial charge in [-0.25, -0.2) is 4.98 Å². The first kappa shape index (κ1) is 9.00. The zero-order chi connectivity index (χ0) is 10.1. The number of benzene rings is 1. The lowest BCUT2D eigenvalue weighted by atomic mass is 10.1. The summed E-state index contributed by atoms with van der Waals surface area (Å²) < 4.78 is 2.04. The summed E-state index contributed by atoms with van der Waals surface area (Å²) in [5.74, 6) is 1.04. The summed E-state index contributed by atoms with van der Waals surface area (Å²) in [4.78, 5) is 4.48. The van der Waals surface area contributed by atoms with E-state index in [2.05, 4.69) is 42.4 Å². The van der Waals surface area contributed by atoms with Gasteiger partial charge in [0.25, 0.3) is 0 Å². The van der Waals surface area contributed by atoms with Crippen LogP contribution >= 0.6 is 0 Å². The predicted molar refractivity (Wildman–Crippen MR) is 58.1 cm³/mol. The quantitative estimate of drug-likeness (QED) is 0.669. The van der Waals surface area contributed by atoms with Gasteiger partial charge in [-0.15, -0.1) is 0 Å². The third kappa shape index (κ3) is 1.55. The summed E-state index contributed by atoms with van der Waals surface area (Å²) in [5.41, 5.74) is 3.51. The van der Waals surface area contributed by atoms with Crippen molar-refractivity contribution in [2.45, 2.75) is 13.8 Å². The molecule has 0 aliphatic rings. The van der Waals surface area contributed by atoms with Crippen molar-refractivity contribution >= 4 is 0 Å². The molecule has 0 atom stereocenters. The average Bonchev–Trinajstić information content (AvgIpc) is 2.47. The molecule has 0 saturated carbocycles. The van der Waals surface area contributed by atoms with Crippen LogP contribution in [0.15, 0.2) is 30.5 Å². The average molecular weight is 186 g/mol. The van der Waals surface area contributed by atoms with Crippen LogP contribution in [0.5, 0.6) is 0 Å². The molecule has 2 heteroatoms. The number of hydrogen-bond acceptors (Lipinski definition) is 1. The molecule has 1 aromatic carbocycles. The Morgan fingerprint density at radius 1 is 1.21 bits per heavy atom. The minimum Gasteiger partial charge on any atom is -0.338 e. The highest BCUT2D eigenvalue weighted by Crippen LogP contribution is 2.18. The second-order valence-electron chi connectivity index (χ2n) is 3.65. The van der Waals surface area contributed by atoms with Crippen LogP contribution in [0.25, 0.3) is 11.3 Å². The molecule has 0 aliphatic heterocycles. The zero-order valence-electron chi connectivity index (χ0n) is 8.78. The first-order valence-electron chi connectivity index (χ1n) is 4.74. The molecule has 1 heterocycles. The first-order chi connectivity index (χ1) is 6.66. The maximum atomic E-state index is 4.48. The minimum absolute atomic E-state index is 1.04. The fraction of sp³-hybridized carbons (Fsp3) is 0.250. The van der Waals surface area contributed by atoms with E-state index < -0.39 is 0 Å². The van der Waals surface area contributed by atoms with Gasteiger partial charge in [0.15, 0.2) is 0 Å². The number of aryl methyl sites for hydroxylation is 3. The van der Waals surface area contributed by atoms with E-state index in [0.29, 0.717) is 0 Å². The fourth-order valence-corrected chi connectivity index (χ4v) is 1.50. The Hall–Kier alpha value is -1.57. The SMILES string of the molecule is Cc1cccc(-c2cn(C)c(C)n2)c1. The molecule has 0 N–H and O–H groups in total. The van der Waals surface area contributed by atoms with Gasteiger partial charge in [-0.2, -0.15) is 0 Å². The van der Waals surface area contributed by atoms with Crippen molar-refractivity contribution in [3.05, 3.63) is 41.9 Å². The van der Waals surface area contributed by atoms with E-state index in [1.807, 2.05) is 18.5 Å². The molecule has 0 spiro atoms. The molecule has 0 saturated heterocycles. The van der Waals surface area contributed by atoms with Crippen LogP contribution in [0.2, 0.25) is 0 Å². The lowest BCUT2D eigenvalue weighted by molar-refractivity contribution is 0.858. The highest BCUT2D eigenvalue weighted by atomic mass is 15.0. The molecule has 0 amide bonds. The van der Waals surface area contributed by atoms with Gasteiger partial charge in [0.1, 0.15) is 5.82 Å². The van der Waals surface area contributed by atoms with Crippen molar-refractivity contribution in [2.24, 2.45) is 7.05 Å². The van der Waals surface area contributed by atoms with E-state index >= 15 is 0 Å². The molecule has 1 aromatic heterocycles. The summed E-state index contributed by atoms with van der Waals surface area (Å²) in [6, 6.07) is 8.41. The van der Waals surface area contributed by atoms with E-state index in [4.69, 9.17) is 0 Å². The van der Waals surface area contributed by atoms with E-state index in [-0.39, 0.29) is 0 Å². The Morgan fingerprint density at radius 2 is 2.00 bits per heavy atom. The summed E-state index contributed by atoms with van der Waals surface area (Å²) in [5, 5.41) is 0. The van der Waals surface area contributed by atoms with E-state index in [0.717, 1.165) is 11.5 Å². The van der Waals surface area contributed by atoms with Crippen molar-refractivity contribution in [1.82, 2.24) is 9.55 Å². The van der Waals surface area contributed by atoms with Crippen LogP contribution in [0.3, 0.4) is 0 Å². The van der Waals surface area contributed by atoms with Crippen molar-refractivity contribution in [3.63, 3.8) is 0 Å². The van der Waals surface area contributed by atoms with Gasteiger partial charge in [0.2, 0.25) is 0 Å². The largest absolute Gasteiger partial charge is 0.338 e. The van der Waals surface area contributed by atoms with Gasteiger partial charge in [0, 0.05) is 18.8 Å². The summed E-state index contributed by atoms with van der Waals surface area (Å²) in [6.07, 6.45) is 2.06. The second-order valence-corrected chi connectivity index (χ2v) is 3.65. The maximum absolute atomic E-state index is 4.48. The number of aromatic nitrogens is 2. The molecule has 0 fully saturated rings. The summed E-state index contributed by atoms with van der Waals surface area (Å²) in [6.45, 7) is 4.11. The van der Waals surface area contributed by atoms with Crippen LogP contribution in [-0.2, 0) is 7.05 Å². The van der Waals surface area contributed by atoms with E-state index in [1.165, 1.54) is 11.1 Å².